The molecule has 0 aromatic rings. The van der Waals surface area contributed by atoms with Crippen LogP contribution >= 0.6 is 0 Å². The molecule has 0 aliphatic carbocycles. The van der Waals surface area contributed by atoms with Crippen molar-refractivity contribution in [3.05, 3.63) is 0 Å². The smallest absolute Gasteiger partial charge is 0.103 e. The van der Waals surface area contributed by atoms with E-state index in [1.54, 1.807) is 0 Å². The Kier molecular flexibility index (Phi) is 2.76. The summed E-state index contributed by atoms with van der Waals surface area (Å²) in [6, 6.07) is 0. The van der Waals surface area contributed by atoms with Crippen molar-refractivity contribution in [3.8, 4) is 0 Å². The van der Waals surface area contributed by atoms with Crippen LogP contribution in [0.15, 0.2) is 0 Å². The lowest BCUT2D eigenvalue weighted by molar-refractivity contribution is -0.431. The summed E-state index contributed by atoms with van der Waals surface area (Å²) in [6.07, 6.45) is 2.56. The minimum absolute atomic E-state index is 0.153. The fourth-order valence-electron chi connectivity index (χ4n) is 1.27. The average Bonchev–Trinajstić information content (AvgIpc) is 1.98. The highest BCUT2D eigenvalue weighted by atomic mass is 17.2. The lowest BCUT2D eigenvalue weighted by atomic mass is 9.89. The predicted molar refractivity (Wildman–Crippen MR) is 45.6 cm³/mol. The van der Waals surface area contributed by atoms with Crippen LogP contribution < -0.4 is 0 Å². The molecule has 72 valence electrons. The molecule has 1 aliphatic heterocycles. The van der Waals surface area contributed by atoms with Gasteiger partial charge in [-0.2, -0.15) is 0 Å². The maximum Gasteiger partial charge on any atom is 0.103 e. The molecular weight excluding hydrogens is 156 g/mol. The Morgan fingerprint density at radius 2 is 1.83 bits per heavy atom. The van der Waals surface area contributed by atoms with Crippen LogP contribution in [0.5, 0.6) is 0 Å². The number of hydrogen-bond donors (Lipinski definition) is 1. The fraction of sp³-hybridized carbons (Fsp3) is 1.00. The lowest BCUT2D eigenvalue weighted by Gasteiger charge is -2.39. The summed E-state index contributed by atoms with van der Waals surface area (Å²) in [5.74, 6) is 0. The summed E-state index contributed by atoms with van der Waals surface area (Å²) in [5.41, 5.74) is -0.459. The van der Waals surface area contributed by atoms with Gasteiger partial charge in [0.15, 0.2) is 0 Å². The van der Waals surface area contributed by atoms with E-state index in [9.17, 15) is 0 Å². The van der Waals surface area contributed by atoms with Crippen LogP contribution in [0.25, 0.3) is 0 Å². The van der Waals surface area contributed by atoms with Gasteiger partial charge in [0.1, 0.15) is 5.60 Å². The molecule has 0 aromatic carbocycles. The van der Waals surface area contributed by atoms with Crippen molar-refractivity contribution in [1.82, 2.24) is 0 Å². The second-order valence-electron chi connectivity index (χ2n) is 4.35. The zero-order chi connectivity index (χ0) is 9.24. The van der Waals surface area contributed by atoms with Gasteiger partial charge in [0, 0.05) is 13.0 Å². The highest BCUT2D eigenvalue weighted by Gasteiger charge is 2.37. The van der Waals surface area contributed by atoms with Gasteiger partial charge in [0.2, 0.25) is 0 Å². The van der Waals surface area contributed by atoms with E-state index in [1.807, 2.05) is 20.8 Å². The Bertz CT molecular complexity index is 144. The van der Waals surface area contributed by atoms with Crippen LogP contribution in [0.1, 0.15) is 40.0 Å². The molecule has 3 heteroatoms. The summed E-state index contributed by atoms with van der Waals surface area (Å²) in [6.45, 7) is 6.13. The monoisotopic (exact) mass is 174 g/mol. The molecule has 0 saturated carbocycles. The van der Waals surface area contributed by atoms with Crippen LogP contribution in [0, 0.1) is 0 Å². The van der Waals surface area contributed by atoms with Gasteiger partial charge in [-0.25, -0.2) is 9.78 Å². The molecule has 0 amide bonds. The molecule has 0 spiro atoms. The van der Waals surface area contributed by atoms with Crippen molar-refractivity contribution in [3.63, 3.8) is 0 Å². The van der Waals surface area contributed by atoms with Crippen LogP contribution in [0.4, 0.5) is 0 Å². The Morgan fingerprint density at radius 3 is 2.25 bits per heavy atom. The van der Waals surface area contributed by atoms with Crippen molar-refractivity contribution in [2.24, 2.45) is 0 Å². The van der Waals surface area contributed by atoms with E-state index in [0.717, 1.165) is 12.8 Å². The third-order valence-corrected chi connectivity index (χ3v) is 2.36. The zero-order valence-electron chi connectivity index (χ0n) is 8.09. The van der Waals surface area contributed by atoms with Gasteiger partial charge >= 0.3 is 0 Å². The third kappa shape index (κ3) is 2.44. The van der Waals surface area contributed by atoms with Gasteiger partial charge in [-0.1, -0.05) is 0 Å². The van der Waals surface area contributed by atoms with Crippen LogP contribution in [-0.2, 0) is 9.78 Å². The first-order valence-corrected chi connectivity index (χ1v) is 4.45. The zero-order valence-corrected chi connectivity index (χ0v) is 8.09. The largest absolute Gasteiger partial charge is 0.396 e. The Morgan fingerprint density at radius 1 is 1.17 bits per heavy atom. The number of aliphatic hydroxyl groups excluding tert-OH is 1. The molecule has 1 rings (SSSR count). The first-order valence-electron chi connectivity index (χ1n) is 4.45. The van der Waals surface area contributed by atoms with Gasteiger partial charge < -0.3 is 5.11 Å². The van der Waals surface area contributed by atoms with Gasteiger partial charge in [0.25, 0.3) is 0 Å². The van der Waals surface area contributed by atoms with E-state index < -0.39 is 0 Å². The lowest BCUT2D eigenvalue weighted by Crippen LogP contribution is -2.42. The molecule has 1 heterocycles. The minimum Gasteiger partial charge on any atom is -0.396 e. The number of rotatable bonds is 2. The fourth-order valence-corrected chi connectivity index (χ4v) is 1.27. The van der Waals surface area contributed by atoms with Crippen LogP contribution in [0.3, 0.4) is 0 Å². The molecular formula is C9H18O3. The van der Waals surface area contributed by atoms with Gasteiger partial charge in [0.05, 0.1) is 5.60 Å². The van der Waals surface area contributed by atoms with Crippen molar-refractivity contribution in [2.45, 2.75) is 51.2 Å². The van der Waals surface area contributed by atoms with E-state index in [1.165, 1.54) is 0 Å². The highest BCUT2D eigenvalue weighted by Crippen LogP contribution is 2.34. The predicted octanol–water partition coefficient (Wildman–Crippen LogP) is 1.65. The van der Waals surface area contributed by atoms with Crippen molar-refractivity contribution in [1.29, 1.82) is 0 Å². The van der Waals surface area contributed by atoms with E-state index in [4.69, 9.17) is 14.9 Å². The number of hydrogen-bond acceptors (Lipinski definition) is 3. The third-order valence-electron chi connectivity index (χ3n) is 2.36. The van der Waals surface area contributed by atoms with Crippen LogP contribution in [-0.4, -0.2) is 22.9 Å². The quantitative estimate of drug-likeness (QED) is 0.647. The molecule has 0 aromatic heterocycles. The van der Waals surface area contributed by atoms with Gasteiger partial charge in [-0.3, -0.25) is 0 Å². The Hall–Kier alpha value is -0.120. The molecule has 1 aliphatic rings. The Balaban J connectivity index is 2.44. The summed E-state index contributed by atoms with van der Waals surface area (Å²) in [7, 11) is 0. The van der Waals surface area contributed by atoms with E-state index in [-0.39, 0.29) is 17.8 Å². The second kappa shape index (κ2) is 3.32. The molecule has 0 radical (unpaired) electrons. The standard InChI is InChI=1S/C9H18O3/c1-8(2)4-5-9(3,6-7-10)12-11-8/h10H,4-7H2,1-3H3. The molecule has 1 unspecified atom stereocenters. The molecule has 12 heavy (non-hydrogen) atoms. The topological polar surface area (TPSA) is 38.7 Å². The molecule has 1 saturated heterocycles. The van der Waals surface area contributed by atoms with Crippen molar-refractivity contribution in [2.75, 3.05) is 6.61 Å². The van der Waals surface area contributed by atoms with E-state index in [0.29, 0.717) is 6.42 Å². The van der Waals surface area contributed by atoms with Crippen LogP contribution in [0.2, 0.25) is 0 Å². The maximum atomic E-state index is 8.78. The van der Waals surface area contributed by atoms with Crippen molar-refractivity contribution < 1.29 is 14.9 Å². The molecule has 0 bridgehead atoms. The maximum absolute atomic E-state index is 8.78. The summed E-state index contributed by atoms with van der Waals surface area (Å²) < 4.78 is 0. The number of aliphatic hydroxyl groups is 1. The molecule has 1 N–H and O–H groups in total. The first-order chi connectivity index (χ1) is 5.47. The average molecular weight is 174 g/mol. The van der Waals surface area contributed by atoms with Gasteiger partial charge in [-0.05, 0) is 33.6 Å². The normalized spacial score (nSPS) is 35.0. The summed E-state index contributed by atoms with van der Waals surface area (Å²) in [5, 5.41) is 8.78. The van der Waals surface area contributed by atoms with Gasteiger partial charge in [-0.15, -0.1) is 0 Å². The summed E-state index contributed by atoms with van der Waals surface area (Å²) >= 11 is 0. The van der Waals surface area contributed by atoms with E-state index >= 15 is 0 Å². The highest BCUT2D eigenvalue weighted by molar-refractivity contribution is 4.81. The molecule has 3 nitrogen and oxygen atoms in total. The second-order valence-corrected chi connectivity index (χ2v) is 4.35. The minimum atomic E-state index is -0.287. The Labute approximate surface area is 73.6 Å². The first kappa shape index (κ1) is 9.96. The molecule has 1 fully saturated rings. The molecule has 1 atom stereocenters. The SMILES string of the molecule is CC1(C)CCC(C)(CCO)OO1. The van der Waals surface area contributed by atoms with Crippen molar-refractivity contribution >= 4 is 0 Å². The summed E-state index contributed by atoms with van der Waals surface area (Å²) in [4.78, 5) is 10.5. The van der Waals surface area contributed by atoms with E-state index in [2.05, 4.69) is 0 Å².